The maximum absolute atomic E-state index is 12.3. The van der Waals surface area contributed by atoms with Crippen LogP contribution in [0.5, 0.6) is 5.75 Å². The Hall–Kier alpha value is -2.15. The number of nitro groups is 1. The van der Waals surface area contributed by atoms with Crippen LogP contribution in [0.4, 0.5) is 5.69 Å². The predicted octanol–water partition coefficient (Wildman–Crippen LogP) is 1.46. The predicted molar refractivity (Wildman–Crippen MR) is 77.3 cm³/mol. The summed E-state index contributed by atoms with van der Waals surface area (Å²) >= 11 is 0. The Kier molecular flexibility index (Phi) is 4.74. The van der Waals surface area contributed by atoms with Gasteiger partial charge in [-0.1, -0.05) is 6.07 Å². The third-order valence-electron chi connectivity index (χ3n) is 3.49. The molecule has 0 aromatic heterocycles. The van der Waals surface area contributed by atoms with Crippen LogP contribution in [0.3, 0.4) is 0 Å². The van der Waals surface area contributed by atoms with Crippen molar-refractivity contribution in [1.82, 2.24) is 5.32 Å². The van der Waals surface area contributed by atoms with Crippen molar-refractivity contribution in [3.05, 3.63) is 33.9 Å². The van der Waals surface area contributed by atoms with Crippen molar-refractivity contribution < 1.29 is 14.5 Å². The van der Waals surface area contributed by atoms with Crippen LogP contribution in [0.1, 0.15) is 30.1 Å². The van der Waals surface area contributed by atoms with Crippen LogP contribution in [0.15, 0.2) is 18.2 Å². The number of hydrogen-bond acceptors (Lipinski definition) is 5. The molecule has 0 aliphatic heterocycles. The number of carbonyl (C=O) groups is 1. The Morgan fingerprint density at radius 2 is 2.29 bits per heavy atom. The number of ether oxygens (including phenoxy) is 1. The number of nitro benzene ring substituents is 1. The minimum atomic E-state index is -0.553. The number of para-hydroxylation sites is 1. The molecule has 1 aromatic carbocycles. The normalized spacial score (nSPS) is 15.3. The highest BCUT2D eigenvalue weighted by atomic mass is 16.6. The molecule has 114 valence electrons. The van der Waals surface area contributed by atoms with Gasteiger partial charge in [0.1, 0.15) is 0 Å². The summed E-state index contributed by atoms with van der Waals surface area (Å²) in [5.74, 6) is 0.0340. The monoisotopic (exact) mass is 293 g/mol. The van der Waals surface area contributed by atoms with Gasteiger partial charge in [0.15, 0.2) is 0 Å². The average molecular weight is 293 g/mol. The first-order valence-electron chi connectivity index (χ1n) is 6.99. The van der Waals surface area contributed by atoms with E-state index in [-0.39, 0.29) is 35.6 Å². The van der Waals surface area contributed by atoms with Gasteiger partial charge in [0.2, 0.25) is 5.75 Å². The SMILES string of the molecule is CCOc1c(C(=O)NC(CN)C2CC2)cccc1[N+](=O)[O-]. The Labute approximate surface area is 122 Å². The summed E-state index contributed by atoms with van der Waals surface area (Å²) in [5.41, 5.74) is 5.62. The number of benzene rings is 1. The summed E-state index contributed by atoms with van der Waals surface area (Å²) in [5, 5.41) is 13.9. The van der Waals surface area contributed by atoms with Crippen molar-refractivity contribution in [3.63, 3.8) is 0 Å². The van der Waals surface area contributed by atoms with Gasteiger partial charge in [-0.25, -0.2) is 0 Å². The lowest BCUT2D eigenvalue weighted by atomic mass is 10.1. The molecule has 3 N–H and O–H groups in total. The maximum atomic E-state index is 12.3. The lowest BCUT2D eigenvalue weighted by Crippen LogP contribution is -2.41. The second kappa shape index (κ2) is 6.53. The Morgan fingerprint density at radius 1 is 1.57 bits per heavy atom. The first kappa shape index (κ1) is 15.2. The molecule has 0 radical (unpaired) electrons. The molecule has 1 aromatic rings. The van der Waals surface area contributed by atoms with E-state index in [2.05, 4.69) is 5.32 Å². The van der Waals surface area contributed by atoms with Gasteiger partial charge < -0.3 is 15.8 Å². The summed E-state index contributed by atoms with van der Waals surface area (Å²) in [6, 6.07) is 4.23. The molecule has 1 unspecified atom stereocenters. The van der Waals surface area contributed by atoms with Gasteiger partial charge in [-0.15, -0.1) is 0 Å². The molecule has 0 spiro atoms. The number of nitrogens with two attached hydrogens (primary N) is 1. The lowest BCUT2D eigenvalue weighted by Gasteiger charge is -2.17. The molecule has 1 aliphatic carbocycles. The molecule has 1 fully saturated rings. The number of hydrogen-bond donors (Lipinski definition) is 2. The zero-order valence-corrected chi connectivity index (χ0v) is 11.9. The zero-order chi connectivity index (χ0) is 15.4. The number of rotatable bonds is 7. The summed E-state index contributed by atoms with van der Waals surface area (Å²) < 4.78 is 5.31. The maximum Gasteiger partial charge on any atom is 0.311 e. The summed E-state index contributed by atoms with van der Waals surface area (Å²) in [6.45, 7) is 2.31. The van der Waals surface area contributed by atoms with E-state index < -0.39 is 4.92 Å². The van der Waals surface area contributed by atoms with Crippen LogP contribution >= 0.6 is 0 Å². The van der Waals surface area contributed by atoms with Gasteiger partial charge in [0.05, 0.1) is 17.1 Å². The smallest absolute Gasteiger partial charge is 0.311 e. The van der Waals surface area contributed by atoms with Gasteiger partial charge in [-0.2, -0.15) is 0 Å². The molecule has 1 amide bonds. The Balaban J connectivity index is 2.26. The molecule has 21 heavy (non-hydrogen) atoms. The number of carbonyl (C=O) groups excluding carboxylic acids is 1. The second-order valence-electron chi connectivity index (χ2n) is 5.00. The van der Waals surface area contributed by atoms with E-state index in [1.165, 1.54) is 18.2 Å². The molecule has 0 saturated heterocycles. The fourth-order valence-electron chi connectivity index (χ4n) is 2.26. The molecule has 2 rings (SSSR count). The van der Waals surface area contributed by atoms with Crippen LogP contribution < -0.4 is 15.8 Å². The fraction of sp³-hybridized carbons (Fsp3) is 0.500. The summed E-state index contributed by atoms with van der Waals surface area (Å²) in [4.78, 5) is 22.8. The molecule has 1 aliphatic rings. The van der Waals surface area contributed by atoms with Gasteiger partial charge in [0.25, 0.3) is 5.91 Å². The van der Waals surface area contributed by atoms with Crippen molar-refractivity contribution in [2.24, 2.45) is 11.7 Å². The van der Waals surface area contributed by atoms with E-state index in [1.54, 1.807) is 6.92 Å². The minimum Gasteiger partial charge on any atom is -0.487 e. The molecule has 0 bridgehead atoms. The van der Waals surface area contributed by atoms with Crippen LogP contribution in [-0.4, -0.2) is 30.0 Å². The fourth-order valence-corrected chi connectivity index (χ4v) is 2.26. The van der Waals surface area contributed by atoms with Crippen molar-refractivity contribution >= 4 is 11.6 Å². The third-order valence-corrected chi connectivity index (χ3v) is 3.49. The highest BCUT2D eigenvalue weighted by molar-refractivity contribution is 5.98. The van der Waals surface area contributed by atoms with E-state index in [9.17, 15) is 14.9 Å². The van der Waals surface area contributed by atoms with E-state index in [1.807, 2.05) is 0 Å². The quantitative estimate of drug-likeness (QED) is 0.584. The van der Waals surface area contributed by atoms with Gasteiger partial charge in [0, 0.05) is 18.7 Å². The topological polar surface area (TPSA) is 107 Å². The van der Waals surface area contributed by atoms with E-state index in [0.29, 0.717) is 12.5 Å². The zero-order valence-electron chi connectivity index (χ0n) is 11.9. The average Bonchev–Trinajstić information content (AvgIpc) is 3.29. The van der Waals surface area contributed by atoms with Crippen molar-refractivity contribution in [2.45, 2.75) is 25.8 Å². The van der Waals surface area contributed by atoms with Crippen LogP contribution in [0.25, 0.3) is 0 Å². The van der Waals surface area contributed by atoms with Gasteiger partial charge in [-0.3, -0.25) is 14.9 Å². The van der Waals surface area contributed by atoms with Crippen molar-refractivity contribution in [1.29, 1.82) is 0 Å². The summed E-state index contributed by atoms with van der Waals surface area (Å²) in [6.07, 6.45) is 2.10. The Bertz CT molecular complexity index is 543. The molecular weight excluding hydrogens is 274 g/mol. The van der Waals surface area contributed by atoms with Gasteiger partial charge in [-0.05, 0) is 31.7 Å². The lowest BCUT2D eigenvalue weighted by molar-refractivity contribution is -0.385. The summed E-state index contributed by atoms with van der Waals surface area (Å²) in [7, 11) is 0. The molecule has 7 nitrogen and oxygen atoms in total. The molecule has 1 saturated carbocycles. The molecule has 0 heterocycles. The highest BCUT2D eigenvalue weighted by Crippen LogP contribution is 2.34. The molecule has 1 atom stereocenters. The molecule has 7 heteroatoms. The third kappa shape index (κ3) is 3.49. The largest absolute Gasteiger partial charge is 0.487 e. The number of nitrogens with one attached hydrogen (secondary N) is 1. The van der Waals surface area contributed by atoms with Gasteiger partial charge >= 0.3 is 5.69 Å². The van der Waals surface area contributed by atoms with Crippen LogP contribution in [0, 0.1) is 16.0 Å². The van der Waals surface area contributed by atoms with Crippen LogP contribution in [-0.2, 0) is 0 Å². The van der Waals surface area contributed by atoms with E-state index in [0.717, 1.165) is 12.8 Å². The van der Waals surface area contributed by atoms with Crippen LogP contribution in [0.2, 0.25) is 0 Å². The number of nitrogens with zero attached hydrogens (tertiary/aromatic N) is 1. The van der Waals surface area contributed by atoms with E-state index in [4.69, 9.17) is 10.5 Å². The van der Waals surface area contributed by atoms with Crippen molar-refractivity contribution in [2.75, 3.05) is 13.2 Å². The molecular formula is C14H19N3O4. The standard InChI is InChI=1S/C14H19N3O4/c1-2-21-13-10(4-3-5-12(13)17(19)20)14(18)16-11(8-15)9-6-7-9/h3-5,9,11H,2,6-8,15H2,1H3,(H,16,18). The van der Waals surface area contributed by atoms with Crippen molar-refractivity contribution in [3.8, 4) is 5.75 Å². The highest BCUT2D eigenvalue weighted by Gasteiger charge is 2.32. The number of amides is 1. The Morgan fingerprint density at radius 3 is 2.81 bits per heavy atom. The first-order chi connectivity index (χ1) is 10.1. The van der Waals surface area contributed by atoms with E-state index >= 15 is 0 Å². The minimum absolute atomic E-state index is 0.00840. The first-order valence-corrected chi connectivity index (χ1v) is 6.99. The second-order valence-corrected chi connectivity index (χ2v) is 5.00.